The van der Waals surface area contributed by atoms with E-state index in [0.717, 1.165) is 17.7 Å². The normalized spacial score (nSPS) is 12.6. The molecule has 1 aromatic carbocycles. The van der Waals surface area contributed by atoms with Crippen molar-refractivity contribution in [1.29, 1.82) is 0 Å². The van der Waals surface area contributed by atoms with E-state index in [1.165, 1.54) is 0 Å². The summed E-state index contributed by atoms with van der Waals surface area (Å²) in [5, 5.41) is 3.35. The minimum absolute atomic E-state index is 0.174. The van der Waals surface area contributed by atoms with Gasteiger partial charge in [0, 0.05) is 19.0 Å². The van der Waals surface area contributed by atoms with Crippen LogP contribution in [0.4, 0.5) is 8.78 Å². The van der Waals surface area contributed by atoms with Crippen molar-refractivity contribution in [2.45, 2.75) is 32.5 Å². The number of hydrogen-bond acceptors (Lipinski definition) is 3. The number of nitrogens with one attached hydrogen (secondary N) is 1. The van der Waals surface area contributed by atoms with Crippen LogP contribution < -0.4 is 10.1 Å². The van der Waals surface area contributed by atoms with E-state index in [0.29, 0.717) is 6.54 Å². The van der Waals surface area contributed by atoms with Crippen LogP contribution in [0.2, 0.25) is 0 Å². The van der Waals surface area contributed by atoms with E-state index >= 15 is 0 Å². The summed E-state index contributed by atoms with van der Waals surface area (Å²) in [6, 6.07) is 10.7. The maximum atomic E-state index is 12.0. The van der Waals surface area contributed by atoms with Gasteiger partial charge in [0.2, 0.25) is 0 Å². The molecule has 0 spiro atoms. The lowest BCUT2D eigenvalue weighted by molar-refractivity contribution is -0.0498. The summed E-state index contributed by atoms with van der Waals surface area (Å²) in [5.74, 6) is 1.11. The Bertz CT molecular complexity index is 497. The van der Waals surface area contributed by atoms with Crippen molar-refractivity contribution in [3.63, 3.8) is 0 Å². The quantitative estimate of drug-likeness (QED) is 0.842. The fourth-order valence-corrected chi connectivity index (χ4v) is 1.88. The SMILES string of the molecule is CC(Cc1ccco1)NCc1ccc(OC(F)F)cc1. The molecule has 0 aliphatic rings. The monoisotopic (exact) mass is 281 g/mol. The van der Waals surface area contributed by atoms with Gasteiger partial charge in [-0.2, -0.15) is 8.78 Å². The third-order valence-corrected chi connectivity index (χ3v) is 2.89. The molecule has 1 unspecified atom stereocenters. The number of alkyl halides is 2. The highest BCUT2D eigenvalue weighted by atomic mass is 19.3. The summed E-state index contributed by atoms with van der Waals surface area (Å²) in [6.07, 6.45) is 2.46. The van der Waals surface area contributed by atoms with Gasteiger partial charge < -0.3 is 14.5 Å². The van der Waals surface area contributed by atoms with Gasteiger partial charge in [-0.05, 0) is 36.8 Å². The summed E-state index contributed by atoms with van der Waals surface area (Å²) < 4.78 is 33.6. The van der Waals surface area contributed by atoms with Crippen molar-refractivity contribution < 1.29 is 17.9 Å². The second-order valence-electron chi connectivity index (χ2n) is 4.59. The Kier molecular flexibility index (Phi) is 5.12. The van der Waals surface area contributed by atoms with Crippen molar-refractivity contribution in [2.24, 2.45) is 0 Å². The van der Waals surface area contributed by atoms with Gasteiger partial charge in [-0.1, -0.05) is 12.1 Å². The minimum atomic E-state index is -2.78. The van der Waals surface area contributed by atoms with Crippen LogP contribution in [-0.4, -0.2) is 12.7 Å². The predicted octanol–water partition coefficient (Wildman–Crippen LogP) is 3.60. The van der Waals surface area contributed by atoms with Crippen LogP contribution in [-0.2, 0) is 13.0 Å². The Morgan fingerprint density at radius 1 is 1.20 bits per heavy atom. The largest absolute Gasteiger partial charge is 0.469 e. The van der Waals surface area contributed by atoms with E-state index in [2.05, 4.69) is 17.0 Å². The molecule has 0 saturated carbocycles. The average Bonchev–Trinajstić information content (AvgIpc) is 2.90. The summed E-state index contributed by atoms with van der Waals surface area (Å²) in [7, 11) is 0. The molecule has 0 amide bonds. The summed E-state index contributed by atoms with van der Waals surface area (Å²) in [5.41, 5.74) is 1.01. The third-order valence-electron chi connectivity index (χ3n) is 2.89. The third kappa shape index (κ3) is 4.66. The summed E-state index contributed by atoms with van der Waals surface area (Å²) in [4.78, 5) is 0. The second kappa shape index (κ2) is 7.05. The first-order valence-electron chi connectivity index (χ1n) is 6.43. The molecule has 0 radical (unpaired) electrons. The van der Waals surface area contributed by atoms with E-state index in [4.69, 9.17) is 4.42 Å². The standard InChI is InChI=1S/C15H17F2NO2/c1-11(9-14-3-2-8-19-14)18-10-12-4-6-13(7-5-12)20-15(16)17/h2-8,11,15,18H,9-10H2,1H3. The Hall–Kier alpha value is -1.88. The maximum Gasteiger partial charge on any atom is 0.387 e. The lowest BCUT2D eigenvalue weighted by atomic mass is 10.1. The highest BCUT2D eigenvalue weighted by Gasteiger charge is 2.06. The van der Waals surface area contributed by atoms with Gasteiger partial charge in [0.1, 0.15) is 11.5 Å². The van der Waals surface area contributed by atoms with Crippen molar-refractivity contribution in [1.82, 2.24) is 5.32 Å². The van der Waals surface area contributed by atoms with Gasteiger partial charge >= 0.3 is 6.61 Å². The Labute approximate surface area is 116 Å². The Morgan fingerprint density at radius 2 is 1.95 bits per heavy atom. The number of furan rings is 1. The van der Waals surface area contributed by atoms with Crippen LogP contribution in [0, 0.1) is 0 Å². The number of hydrogen-bond donors (Lipinski definition) is 1. The van der Waals surface area contributed by atoms with Crippen LogP contribution in [0.25, 0.3) is 0 Å². The molecule has 0 aliphatic carbocycles. The van der Waals surface area contributed by atoms with Crippen LogP contribution in [0.3, 0.4) is 0 Å². The first-order chi connectivity index (χ1) is 9.63. The smallest absolute Gasteiger partial charge is 0.387 e. The molecule has 1 atom stereocenters. The molecule has 1 N–H and O–H groups in total. The highest BCUT2D eigenvalue weighted by molar-refractivity contribution is 5.27. The molecule has 1 heterocycles. The van der Waals surface area contributed by atoms with Crippen LogP contribution >= 0.6 is 0 Å². The lowest BCUT2D eigenvalue weighted by Crippen LogP contribution is -2.27. The van der Waals surface area contributed by atoms with E-state index in [1.807, 2.05) is 12.1 Å². The molecule has 1 aromatic heterocycles. The van der Waals surface area contributed by atoms with Gasteiger partial charge in [-0.3, -0.25) is 0 Å². The molecule has 0 aliphatic heterocycles. The molecule has 2 rings (SSSR count). The molecule has 5 heteroatoms. The zero-order chi connectivity index (χ0) is 14.4. The summed E-state index contributed by atoms with van der Waals surface area (Å²) in [6.45, 7) is -0.0551. The topological polar surface area (TPSA) is 34.4 Å². The molecule has 0 saturated heterocycles. The van der Waals surface area contributed by atoms with Gasteiger partial charge in [0.05, 0.1) is 6.26 Å². The average molecular weight is 281 g/mol. The molecule has 108 valence electrons. The molecule has 20 heavy (non-hydrogen) atoms. The van der Waals surface area contributed by atoms with E-state index in [-0.39, 0.29) is 11.8 Å². The van der Waals surface area contributed by atoms with Crippen LogP contribution in [0.15, 0.2) is 47.1 Å². The van der Waals surface area contributed by atoms with Gasteiger partial charge in [0.15, 0.2) is 0 Å². The fraction of sp³-hybridized carbons (Fsp3) is 0.333. The van der Waals surface area contributed by atoms with E-state index in [1.54, 1.807) is 30.5 Å². The predicted molar refractivity (Wildman–Crippen MR) is 71.8 cm³/mol. The van der Waals surface area contributed by atoms with Gasteiger partial charge in [-0.25, -0.2) is 0 Å². The Balaban J connectivity index is 1.78. The number of ether oxygens (including phenoxy) is 1. The molecule has 2 aromatic rings. The van der Waals surface area contributed by atoms with Crippen molar-refractivity contribution >= 4 is 0 Å². The zero-order valence-electron chi connectivity index (χ0n) is 11.2. The van der Waals surface area contributed by atoms with Crippen molar-refractivity contribution in [3.8, 4) is 5.75 Å². The zero-order valence-corrected chi connectivity index (χ0v) is 11.2. The van der Waals surface area contributed by atoms with Crippen molar-refractivity contribution in [3.05, 3.63) is 54.0 Å². The second-order valence-corrected chi connectivity index (χ2v) is 4.59. The van der Waals surface area contributed by atoms with Crippen molar-refractivity contribution in [2.75, 3.05) is 0 Å². The molecule has 3 nitrogen and oxygen atoms in total. The molecule has 0 fully saturated rings. The number of halogens is 2. The maximum absolute atomic E-state index is 12.0. The minimum Gasteiger partial charge on any atom is -0.469 e. The van der Waals surface area contributed by atoms with Gasteiger partial charge in [0.25, 0.3) is 0 Å². The number of rotatable bonds is 7. The lowest BCUT2D eigenvalue weighted by Gasteiger charge is -2.12. The first kappa shape index (κ1) is 14.5. The Morgan fingerprint density at radius 3 is 2.55 bits per heavy atom. The highest BCUT2D eigenvalue weighted by Crippen LogP contribution is 2.15. The van der Waals surface area contributed by atoms with Crippen LogP contribution in [0.5, 0.6) is 5.75 Å². The molecular weight excluding hydrogens is 264 g/mol. The van der Waals surface area contributed by atoms with E-state index in [9.17, 15) is 8.78 Å². The fourth-order valence-electron chi connectivity index (χ4n) is 1.88. The van der Waals surface area contributed by atoms with E-state index < -0.39 is 6.61 Å². The molecule has 0 bridgehead atoms. The molecular formula is C15H17F2NO2. The van der Waals surface area contributed by atoms with Gasteiger partial charge in [-0.15, -0.1) is 0 Å². The van der Waals surface area contributed by atoms with Crippen LogP contribution in [0.1, 0.15) is 18.2 Å². The number of benzene rings is 1. The summed E-state index contributed by atoms with van der Waals surface area (Å²) >= 11 is 0. The first-order valence-corrected chi connectivity index (χ1v) is 6.43.